The van der Waals surface area contributed by atoms with Crippen molar-refractivity contribution in [3.63, 3.8) is 0 Å². The van der Waals surface area contributed by atoms with Gasteiger partial charge in [-0.1, -0.05) is 12.8 Å². The van der Waals surface area contributed by atoms with Crippen molar-refractivity contribution >= 4 is 23.2 Å². The summed E-state index contributed by atoms with van der Waals surface area (Å²) in [6.07, 6.45) is 4.79. The Bertz CT molecular complexity index is 426. The lowest BCUT2D eigenvalue weighted by Gasteiger charge is -2.01. The second-order valence-corrected chi connectivity index (χ2v) is 5.04. The monoisotopic (exact) mass is 254 g/mol. The van der Waals surface area contributed by atoms with Gasteiger partial charge in [0.1, 0.15) is 0 Å². The summed E-state index contributed by atoms with van der Waals surface area (Å²) in [5, 5.41) is 13.0. The highest BCUT2D eigenvalue weighted by molar-refractivity contribution is 7.11. The summed E-state index contributed by atoms with van der Waals surface area (Å²) in [6.45, 7) is 0.636. The second kappa shape index (κ2) is 5.27. The molecule has 2 rings (SSSR count). The smallest absolute Gasteiger partial charge is 0.355 e. The van der Waals surface area contributed by atoms with E-state index in [1.807, 2.05) is 0 Å². The first kappa shape index (κ1) is 12.0. The molecule has 0 atom stereocenters. The molecule has 0 aliphatic heterocycles. The van der Waals surface area contributed by atoms with E-state index in [0.29, 0.717) is 6.54 Å². The molecule has 1 aromatic heterocycles. The van der Waals surface area contributed by atoms with Crippen molar-refractivity contribution in [2.75, 3.05) is 6.54 Å². The lowest BCUT2D eigenvalue weighted by atomic mass is 10.2. The maximum absolute atomic E-state index is 11.6. The summed E-state index contributed by atoms with van der Waals surface area (Å²) in [5.41, 5.74) is -0.0712. The summed E-state index contributed by atoms with van der Waals surface area (Å²) in [6, 6.07) is 0. The quantitative estimate of drug-likeness (QED) is 0.758. The number of hydrogen-bond donors (Lipinski definition) is 2. The zero-order valence-corrected chi connectivity index (χ0v) is 10.1. The molecule has 0 radical (unpaired) electrons. The number of carbonyl (C=O) groups excluding carboxylic acids is 1. The summed E-state index contributed by atoms with van der Waals surface area (Å²) >= 11 is 1.06. The van der Waals surface area contributed by atoms with E-state index in [4.69, 9.17) is 5.11 Å². The topological polar surface area (TPSA) is 79.3 Å². The van der Waals surface area contributed by atoms with Crippen molar-refractivity contribution in [2.45, 2.75) is 25.7 Å². The van der Waals surface area contributed by atoms with Crippen LogP contribution in [0.5, 0.6) is 0 Å². The maximum atomic E-state index is 11.6. The highest BCUT2D eigenvalue weighted by Crippen LogP contribution is 2.33. The van der Waals surface area contributed by atoms with Crippen molar-refractivity contribution in [3.8, 4) is 0 Å². The molecule has 1 fully saturated rings. The van der Waals surface area contributed by atoms with Gasteiger partial charge in [-0.05, 0) is 18.8 Å². The second-order valence-electron chi connectivity index (χ2n) is 4.18. The Morgan fingerprint density at radius 1 is 1.53 bits per heavy atom. The average molecular weight is 254 g/mol. The van der Waals surface area contributed by atoms with Crippen molar-refractivity contribution in [1.82, 2.24) is 10.3 Å². The van der Waals surface area contributed by atoms with Crippen LogP contribution in [0.4, 0.5) is 0 Å². The Labute approximate surface area is 103 Å². The minimum Gasteiger partial charge on any atom is -0.476 e. The molecule has 1 amide bonds. The minimum absolute atomic E-state index is 0.0712. The van der Waals surface area contributed by atoms with Gasteiger partial charge in [-0.2, -0.15) is 0 Å². The number of hydrogen-bond acceptors (Lipinski definition) is 4. The van der Waals surface area contributed by atoms with E-state index in [0.717, 1.165) is 23.7 Å². The van der Waals surface area contributed by atoms with Crippen LogP contribution in [0.1, 0.15) is 46.0 Å². The molecule has 1 aliphatic rings. The van der Waals surface area contributed by atoms with Crippen LogP contribution in [0.2, 0.25) is 0 Å². The van der Waals surface area contributed by atoms with Gasteiger partial charge in [-0.3, -0.25) is 4.79 Å². The molecule has 0 aromatic carbocycles. The number of nitrogens with zero attached hydrogens (tertiary/aromatic N) is 1. The predicted octanol–water partition coefficient (Wildman–Crippen LogP) is 1.76. The molecular formula is C11H14N2O3S. The van der Waals surface area contributed by atoms with Crippen LogP contribution in [0.15, 0.2) is 5.38 Å². The molecule has 17 heavy (non-hydrogen) atoms. The van der Waals surface area contributed by atoms with Gasteiger partial charge in [0.25, 0.3) is 5.91 Å². The first-order valence-electron chi connectivity index (χ1n) is 5.64. The Hall–Kier alpha value is -1.43. The largest absolute Gasteiger partial charge is 0.476 e. The van der Waals surface area contributed by atoms with E-state index in [-0.39, 0.29) is 16.6 Å². The number of nitrogens with one attached hydrogen (secondary N) is 1. The van der Waals surface area contributed by atoms with Crippen LogP contribution >= 0.6 is 11.3 Å². The molecule has 0 unspecified atom stereocenters. The van der Waals surface area contributed by atoms with Crippen LogP contribution in [-0.2, 0) is 0 Å². The van der Waals surface area contributed by atoms with E-state index < -0.39 is 5.97 Å². The van der Waals surface area contributed by atoms with Crippen LogP contribution in [0.3, 0.4) is 0 Å². The Balaban J connectivity index is 1.75. The van der Waals surface area contributed by atoms with Crippen molar-refractivity contribution in [1.29, 1.82) is 0 Å². The van der Waals surface area contributed by atoms with Crippen molar-refractivity contribution in [2.24, 2.45) is 5.92 Å². The van der Waals surface area contributed by atoms with Gasteiger partial charge in [0.15, 0.2) is 10.7 Å². The first-order chi connectivity index (χ1) is 8.16. The molecule has 5 nitrogen and oxygen atoms in total. The molecular weight excluding hydrogens is 240 g/mol. The number of aromatic carboxylic acids is 1. The molecule has 2 N–H and O–H groups in total. The van der Waals surface area contributed by atoms with E-state index >= 15 is 0 Å². The summed E-state index contributed by atoms with van der Waals surface area (Å²) in [4.78, 5) is 25.9. The Morgan fingerprint density at radius 2 is 2.29 bits per heavy atom. The number of carboxylic acids is 1. The molecule has 1 aromatic rings. The van der Waals surface area contributed by atoms with Crippen molar-refractivity contribution < 1.29 is 14.7 Å². The zero-order valence-electron chi connectivity index (χ0n) is 9.31. The summed E-state index contributed by atoms with van der Waals surface area (Å²) < 4.78 is 0. The third-order valence-corrected chi connectivity index (χ3v) is 3.53. The third-order valence-electron chi connectivity index (χ3n) is 2.69. The van der Waals surface area contributed by atoms with Gasteiger partial charge in [0, 0.05) is 11.9 Å². The summed E-state index contributed by atoms with van der Waals surface area (Å²) in [5.74, 6) is -0.516. The number of amides is 1. The molecule has 6 heteroatoms. The summed E-state index contributed by atoms with van der Waals surface area (Å²) in [7, 11) is 0. The van der Waals surface area contributed by atoms with Gasteiger partial charge in [-0.25, -0.2) is 9.78 Å². The number of aromatic nitrogens is 1. The van der Waals surface area contributed by atoms with Crippen LogP contribution in [-0.4, -0.2) is 28.5 Å². The third kappa shape index (κ3) is 3.52. The molecule has 92 valence electrons. The fourth-order valence-corrected chi connectivity index (χ4v) is 2.26. The average Bonchev–Trinajstić information content (AvgIpc) is 2.97. The van der Waals surface area contributed by atoms with Gasteiger partial charge < -0.3 is 10.4 Å². The highest BCUT2D eigenvalue weighted by atomic mass is 32.1. The SMILES string of the molecule is O=C(O)c1csc(C(=O)NCCCC2CC2)n1. The number of carbonyl (C=O) groups is 2. The van der Waals surface area contributed by atoms with Gasteiger partial charge >= 0.3 is 5.97 Å². The fourth-order valence-electron chi connectivity index (χ4n) is 1.55. The molecule has 1 saturated carbocycles. The standard InChI is InChI=1S/C11H14N2O3S/c14-9(12-5-1-2-7-3-4-7)10-13-8(6-17-10)11(15)16/h6-7H,1-5H2,(H,12,14)(H,15,16). The van der Waals surface area contributed by atoms with Crippen LogP contribution in [0, 0.1) is 5.92 Å². The molecule has 1 aliphatic carbocycles. The van der Waals surface area contributed by atoms with E-state index in [1.54, 1.807) is 0 Å². The van der Waals surface area contributed by atoms with E-state index in [9.17, 15) is 9.59 Å². The van der Waals surface area contributed by atoms with Gasteiger partial charge in [0.05, 0.1) is 0 Å². The normalized spacial score (nSPS) is 14.6. The van der Waals surface area contributed by atoms with E-state index in [1.165, 1.54) is 24.6 Å². The number of carboxylic acid groups (broad SMARTS) is 1. The lowest BCUT2D eigenvalue weighted by molar-refractivity contribution is 0.0691. The first-order valence-corrected chi connectivity index (χ1v) is 6.52. The van der Waals surface area contributed by atoms with E-state index in [2.05, 4.69) is 10.3 Å². The highest BCUT2D eigenvalue weighted by Gasteiger charge is 2.20. The maximum Gasteiger partial charge on any atom is 0.355 e. The molecule has 0 saturated heterocycles. The number of thiazole rings is 1. The van der Waals surface area contributed by atoms with Crippen LogP contribution < -0.4 is 5.32 Å². The van der Waals surface area contributed by atoms with Gasteiger partial charge in [-0.15, -0.1) is 11.3 Å². The minimum atomic E-state index is -1.10. The number of rotatable bonds is 6. The fraction of sp³-hybridized carbons (Fsp3) is 0.545. The predicted molar refractivity (Wildman–Crippen MR) is 63.4 cm³/mol. The Kier molecular flexibility index (Phi) is 3.73. The molecule has 0 bridgehead atoms. The van der Waals surface area contributed by atoms with Crippen molar-refractivity contribution in [3.05, 3.63) is 16.1 Å². The Morgan fingerprint density at radius 3 is 2.88 bits per heavy atom. The van der Waals surface area contributed by atoms with Gasteiger partial charge in [0.2, 0.25) is 0 Å². The van der Waals surface area contributed by atoms with Crippen LogP contribution in [0.25, 0.3) is 0 Å². The molecule has 0 spiro atoms. The lowest BCUT2D eigenvalue weighted by Crippen LogP contribution is -2.24. The zero-order chi connectivity index (χ0) is 12.3. The molecule has 1 heterocycles.